The number of hydrogen-bond acceptors (Lipinski definition) is 6. The molecule has 0 heterocycles. The molecule has 0 saturated heterocycles. The van der Waals surface area contributed by atoms with E-state index < -0.39 is 22.1 Å². The SMILES string of the molecule is CC[C@@H](CCC[C@@H](CO)N(CCC(C)C)S(=O)(=O)c1ccc(N)cc1)NC(=O)[C@@H](N)C(c1ccccc1)c1ccccc1. The molecule has 0 saturated carbocycles. The lowest BCUT2D eigenvalue weighted by Crippen LogP contribution is -2.48. The molecule has 0 radical (unpaired) electrons. The molecule has 0 aliphatic carbocycles. The molecule has 0 aliphatic rings. The highest BCUT2D eigenvalue weighted by molar-refractivity contribution is 7.89. The van der Waals surface area contributed by atoms with Gasteiger partial charge in [0, 0.05) is 30.2 Å². The summed E-state index contributed by atoms with van der Waals surface area (Å²) in [6.07, 6.45) is 3.07. The number of carbonyl (C=O) groups excluding carboxylic acids is 1. The zero-order valence-electron chi connectivity index (χ0n) is 25.6. The molecule has 3 atom stereocenters. The standard InChI is InChI=1S/C34H48N4O4S/c1-4-29(37-34(40)33(36)32(26-12-7-5-8-13-26)27-14-9-6-10-15-27)16-11-17-30(24-39)38(23-22-25(2)3)43(41,42)31-20-18-28(35)19-21-31/h5-10,12-15,18-21,25,29-30,32-33,39H,4,11,16-17,22-24,35-36H2,1-3H3,(H,37,40)/t29-,30-,33-/m0/s1. The first-order chi connectivity index (χ1) is 20.6. The number of nitrogens with one attached hydrogen (secondary N) is 1. The van der Waals surface area contributed by atoms with Crippen LogP contribution in [0.25, 0.3) is 0 Å². The Morgan fingerprint density at radius 3 is 1.93 bits per heavy atom. The van der Waals surface area contributed by atoms with Gasteiger partial charge in [-0.3, -0.25) is 4.79 Å². The fourth-order valence-corrected chi connectivity index (χ4v) is 7.00. The van der Waals surface area contributed by atoms with E-state index in [4.69, 9.17) is 11.5 Å². The molecule has 0 spiro atoms. The van der Waals surface area contributed by atoms with Crippen molar-refractivity contribution < 1.29 is 18.3 Å². The van der Waals surface area contributed by atoms with E-state index >= 15 is 0 Å². The van der Waals surface area contributed by atoms with Crippen LogP contribution in [0.4, 0.5) is 5.69 Å². The molecule has 43 heavy (non-hydrogen) atoms. The average Bonchev–Trinajstić information content (AvgIpc) is 3.00. The van der Waals surface area contributed by atoms with E-state index in [0.29, 0.717) is 50.3 Å². The monoisotopic (exact) mass is 608 g/mol. The Hall–Kier alpha value is -3.24. The second-order valence-corrected chi connectivity index (χ2v) is 13.5. The summed E-state index contributed by atoms with van der Waals surface area (Å²) in [5, 5.41) is 13.5. The van der Waals surface area contributed by atoms with Crippen molar-refractivity contribution in [1.82, 2.24) is 9.62 Å². The summed E-state index contributed by atoms with van der Waals surface area (Å²) in [6.45, 7) is 6.10. The van der Waals surface area contributed by atoms with Gasteiger partial charge in [0.05, 0.1) is 17.5 Å². The van der Waals surface area contributed by atoms with Crippen LogP contribution in [-0.2, 0) is 14.8 Å². The molecule has 8 nitrogen and oxygen atoms in total. The van der Waals surface area contributed by atoms with E-state index in [0.717, 1.165) is 11.1 Å². The number of aliphatic hydroxyl groups is 1. The van der Waals surface area contributed by atoms with Gasteiger partial charge in [-0.1, -0.05) is 81.4 Å². The van der Waals surface area contributed by atoms with Gasteiger partial charge in [-0.05, 0) is 73.4 Å². The lowest BCUT2D eigenvalue weighted by Gasteiger charge is -2.31. The topological polar surface area (TPSA) is 139 Å². The number of sulfonamides is 1. The Morgan fingerprint density at radius 2 is 1.44 bits per heavy atom. The van der Waals surface area contributed by atoms with Crippen LogP contribution >= 0.6 is 0 Å². The molecule has 3 rings (SSSR count). The smallest absolute Gasteiger partial charge is 0.243 e. The highest BCUT2D eigenvalue weighted by Gasteiger charge is 2.32. The van der Waals surface area contributed by atoms with Crippen LogP contribution in [0.2, 0.25) is 0 Å². The van der Waals surface area contributed by atoms with Crippen molar-refractivity contribution in [3.63, 3.8) is 0 Å². The van der Waals surface area contributed by atoms with Crippen molar-refractivity contribution in [3.05, 3.63) is 96.1 Å². The molecule has 0 fully saturated rings. The van der Waals surface area contributed by atoms with E-state index in [2.05, 4.69) is 5.32 Å². The van der Waals surface area contributed by atoms with Crippen LogP contribution in [0.5, 0.6) is 0 Å². The molecular formula is C34H48N4O4S. The lowest BCUT2D eigenvalue weighted by molar-refractivity contribution is -0.123. The van der Waals surface area contributed by atoms with Crippen LogP contribution < -0.4 is 16.8 Å². The number of carbonyl (C=O) groups is 1. The molecule has 0 aromatic heterocycles. The van der Waals surface area contributed by atoms with Gasteiger partial charge in [0.2, 0.25) is 15.9 Å². The van der Waals surface area contributed by atoms with Crippen LogP contribution in [0, 0.1) is 5.92 Å². The Bertz CT molecular complexity index is 1310. The minimum atomic E-state index is -3.84. The van der Waals surface area contributed by atoms with Crippen LogP contribution in [0.1, 0.15) is 69.9 Å². The Morgan fingerprint density at radius 1 is 0.884 bits per heavy atom. The maximum absolute atomic E-state index is 13.6. The van der Waals surface area contributed by atoms with Crippen molar-refractivity contribution in [2.45, 2.75) is 81.8 Å². The predicted octanol–water partition coefficient (Wildman–Crippen LogP) is 4.89. The zero-order valence-corrected chi connectivity index (χ0v) is 26.4. The largest absolute Gasteiger partial charge is 0.399 e. The first kappa shape index (κ1) is 34.3. The molecule has 6 N–H and O–H groups in total. The van der Waals surface area contributed by atoms with Gasteiger partial charge < -0.3 is 21.9 Å². The number of benzene rings is 3. The van der Waals surface area contributed by atoms with Gasteiger partial charge in [0.15, 0.2) is 0 Å². The van der Waals surface area contributed by atoms with Crippen molar-refractivity contribution in [1.29, 1.82) is 0 Å². The fourth-order valence-electron chi connectivity index (χ4n) is 5.34. The quantitative estimate of drug-likeness (QED) is 0.161. The fraction of sp³-hybridized carbons (Fsp3) is 0.441. The lowest BCUT2D eigenvalue weighted by atomic mass is 9.85. The summed E-state index contributed by atoms with van der Waals surface area (Å²) >= 11 is 0. The molecule has 3 aromatic carbocycles. The minimum Gasteiger partial charge on any atom is -0.399 e. The third kappa shape index (κ3) is 9.63. The molecule has 9 heteroatoms. The van der Waals surface area contributed by atoms with Crippen molar-refractivity contribution in [2.75, 3.05) is 18.9 Å². The average molecular weight is 609 g/mol. The number of aliphatic hydroxyl groups excluding tert-OH is 1. The Kier molecular flexibility index (Phi) is 13.2. The van der Waals surface area contributed by atoms with E-state index in [1.165, 1.54) is 16.4 Å². The number of rotatable bonds is 17. The number of nitrogens with two attached hydrogens (primary N) is 2. The van der Waals surface area contributed by atoms with Crippen molar-refractivity contribution in [3.8, 4) is 0 Å². The molecule has 0 aliphatic heterocycles. The first-order valence-electron chi connectivity index (χ1n) is 15.2. The van der Waals surface area contributed by atoms with Gasteiger partial charge in [0.1, 0.15) is 0 Å². The summed E-state index contributed by atoms with van der Waals surface area (Å²) in [5.74, 6) is -0.234. The zero-order chi connectivity index (χ0) is 31.4. The van der Waals surface area contributed by atoms with E-state index in [-0.39, 0.29) is 29.4 Å². The van der Waals surface area contributed by atoms with Gasteiger partial charge in [-0.2, -0.15) is 4.31 Å². The number of nitrogens with zero attached hydrogens (tertiary/aromatic N) is 1. The minimum absolute atomic E-state index is 0.136. The maximum Gasteiger partial charge on any atom is 0.243 e. The molecular weight excluding hydrogens is 560 g/mol. The van der Waals surface area contributed by atoms with E-state index in [1.807, 2.05) is 81.4 Å². The molecule has 0 bridgehead atoms. The number of nitrogen functional groups attached to an aromatic ring is 1. The van der Waals surface area contributed by atoms with Crippen LogP contribution in [-0.4, -0.2) is 55.0 Å². The molecule has 1 amide bonds. The Labute approximate surface area is 257 Å². The van der Waals surface area contributed by atoms with E-state index in [9.17, 15) is 18.3 Å². The number of amides is 1. The third-order valence-electron chi connectivity index (χ3n) is 7.94. The summed E-state index contributed by atoms with van der Waals surface area (Å²) < 4.78 is 28.7. The van der Waals surface area contributed by atoms with Crippen LogP contribution in [0.15, 0.2) is 89.8 Å². The maximum atomic E-state index is 13.6. The second-order valence-electron chi connectivity index (χ2n) is 11.6. The second kappa shape index (κ2) is 16.6. The summed E-state index contributed by atoms with van der Waals surface area (Å²) in [6, 6.07) is 24.2. The summed E-state index contributed by atoms with van der Waals surface area (Å²) in [4.78, 5) is 13.6. The predicted molar refractivity (Wildman–Crippen MR) is 174 cm³/mol. The van der Waals surface area contributed by atoms with Crippen LogP contribution in [0.3, 0.4) is 0 Å². The van der Waals surface area contributed by atoms with Crippen molar-refractivity contribution >= 4 is 21.6 Å². The molecule has 0 unspecified atom stereocenters. The highest BCUT2D eigenvalue weighted by atomic mass is 32.2. The van der Waals surface area contributed by atoms with E-state index in [1.54, 1.807) is 12.1 Å². The summed E-state index contributed by atoms with van der Waals surface area (Å²) in [7, 11) is -3.84. The first-order valence-corrected chi connectivity index (χ1v) is 16.7. The number of hydrogen-bond donors (Lipinski definition) is 4. The van der Waals surface area contributed by atoms with Gasteiger partial charge in [0.25, 0.3) is 0 Å². The van der Waals surface area contributed by atoms with Gasteiger partial charge in [-0.25, -0.2) is 8.42 Å². The normalized spacial score (nSPS) is 14.1. The Balaban J connectivity index is 1.69. The van der Waals surface area contributed by atoms with Gasteiger partial charge in [-0.15, -0.1) is 0 Å². The number of anilines is 1. The molecule has 234 valence electrons. The highest BCUT2D eigenvalue weighted by Crippen LogP contribution is 2.28. The van der Waals surface area contributed by atoms with Crippen molar-refractivity contribution in [2.24, 2.45) is 11.7 Å². The summed E-state index contributed by atoms with van der Waals surface area (Å²) in [5.41, 5.74) is 14.8. The molecule has 3 aromatic rings. The third-order valence-corrected chi connectivity index (χ3v) is 9.91. The van der Waals surface area contributed by atoms with Gasteiger partial charge >= 0.3 is 0 Å².